The molecule has 0 aliphatic rings. The number of carboxylic acid groups (broad SMARTS) is 1. The van der Waals surface area contributed by atoms with E-state index in [0.717, 1.165) is 6.08 Å². The van der Waals surface area contributed by atoms with Crippen molar-refractivity contribution in [3.63, 3.8) is 0 Å². The number of hydrogen-bond donors (Lipinski definition) is 4. The third-order valence-corrected chi connectivity index (χ3v) is 3.96. The lowest BCUT2D eigenvalue weighted by atomic mass is 10.0. The van der Waals surface area contributed by atoms with Gasteiger partial charge in [0.2, 0.25) is 0 Å². The number of hydrogen-bond acceptors (Lipinski definition) is 7. The number of phenolic OH excluding ortho intramolecular Hbond substituents is 1. The molecule has 0 bridgehead atoms. The van der Waals surface area contributed by atoms with Gasteiger partial charge in [0.05, 0.1) is 20.8 Å². The van der Waals surface area contributed by atoms with Gasteiger partial charge >= 0.3 is 5.97 Å². The van der Waals surface area contributed by atoms with Gasteiger partial charge in [-0.3, -0.25) is 0 Å². The van der Waals surface area contributed by atoms with Crippen LogP contribution in [0.1, 0.15) is 17.2 Å². The SMILES string of the molecule is COc1cc([C@H](O)[C@@H](CO)Oc2ccc(/C=C/C(=O)O)cc2OC)ccc1O. The Balaban J connectivity index is 2.25. The van der Waals surface area contributed by atoms with Gasteiger partial charge in [-0.2, -0.15) is 0 Å². The number of aliphatic hydroxyl groups excluding tert-OH is 2. The Labute approximate surface area is 161 Å². The molecule has 0 heterocycles. The molecule has 2 aromatic carbocycles. The van der Waals surface area contributed by atoms with Crippen molar-refractivity contribution < 1.29 is 39.4 Å². The summed E-state index contributed by atoms with van der Waals surface area (Å²) in [5.74, 6) is -0.403. The number of aromatic hydroxyl groups is 1. The zero-order chi connectivity index (χ0) is 20.7. The first-order chi connectivity index (χ1) is 13.4. The van der Waals surface area contributed by atoms with E-state index < -0.39 is 24.8 Å². The van der Waals surface area contributed by atoms with Crippen LogP contribution in [0.4, 0.5) is 0 Å². The van der Waals surface area contributed by atoms with Gasteiger partial charge in [-0.25, -0.2) is 4.79 Å². The standard InChI is InChI=1S/C20H22O8/c1-26-16-10-13(5-6-14(16)22)20(25)18(11-21)28-15-7-3-12(4-8-19(23)24)9-17(15)27-2/h3-10,18,20-22,25H,11H2,1-2H3,(H,23,24)/b8-4+/t18-,20+/m1/s1. The highest BCUT2D eigenvalue weighted by atomic mass is 16.5. The van der Waals surface area contributed by atoms with Crippen molar-refractivity contribution in [2.24, 2.45) is 0 Å². The van der Waals surface area contributed by atoms with Gasteiger partial charge in [0.1, 0.15) is 6.10 Å². The maximum Gasteiger partial charge on any atom is 0.328 e. The smallest absolute Gasteiger partial charge is 0.328 e. The van der Waals surface area contributed by atoms with E-state index in [2.05, 4.69) is 0 Å². The molecule has 2 atom stereocenters. The molecule has 150 valence electrons. The second-order valence-electron chi connectivity index (χ2n) is 5.80. The second-order valence-corrected chi connectivity index (χ2v) is 5.80. The molecule has 0 radical (unpaired) electrons. The summed E-state index contributed by atoms with van der Waals surface area (Å²) in [6, 6.07) is 9.04. The molecule has 0 aromatic heterocycles. The first-order valence-electron chi connectivity index (χ1n) is 8.31. The monoisotopic (exact) mass is 390 g/mol. The molecule has 0 saturated carbocycles. The molecular formula is C20H22O8. The maximum atomic E-state index is 10.6. The molecule has 2 rings (SSSR count). The van der Waals surface area contributed by atoms with E-state index in [1.807, 2.05) is 0 Å². The van der Waals surface area contributed by atoms with Gasteiger partial charge in [0.25, 0.3) is 0 Å². The number of rotatable bonds is 9. The predicted octanol–water partition coefficient (Wildman–Crippen LogP) is 1.98. The number of benzene rings is 2. The van der Waals surface area contributed by atoms with Crippen LogP contribution in [0, 0.1) is 0 Å². The third kappa shape index (κ3) is 5.15. The highest BCUT2D eigenvalue weighted by molar-refractivity contribution is 5.85. The summed E-state index contributed by atoms with van der Waals surface area (Å²) in [7, 11) is 2.80. The van der Waals surface area contributed by atoms with Crippen molar-refractivity contribution in [3.05, 3.63) is 53.6 Å². The fourth-order valence-corrected chi connectivity index (χ4v) is 2.51. The molecule has 0 aliphatic carbocycles. The van der Waals surface area contributed by atoms with E-state index in [1.165, 1.54) is 38.5 Å². The van der Waals surface area contributed by atoms with Crippen LogP contribution in [-0.4, -0.2) is 53.3 Å². The minimum atomic E-state index is -1.21. The van der Waals surface area contributed by atoms with Crippen molar-refractivity contribution in [3.8, 4) is 23.0 Å². The lowest BCUT2D eigenvalue weighted by molar-refractivity contribution is -0.131. The zero-order valence-electron chi connectivity index (χ0n) is 15.4. The summed E-state index contributed by atoms with van der Waals surface area (Å²) in [4.78, 5) is 10.6. The van der Waals surface area contributed by atoms with E-state index >= 15 is 0 Å². The minimum absolute atomic E-state index is 0.0772. The number of phenols is 1. The Bertz CT molecular complexity index is 846. The molecule has 0 aliphatic heterocycles. The Morgan fingerprint density at radius 2 is 1.79 bits per heavy atom. The Morgan fingerprint density at radius 1 is 1.07 bits per heavy atom. The Kier molecular flexibility index (Phi) is 7.25. The topological polar surface area (TPSA) is 126 Å². The average Bonchev–Trinajstić information content (AvgIpc) is 2.70. The number of ether oxygens (including phenoxy) is 3. The molecule has 2 aromatic rings. The van der Waals surface area contributed by atoms with Gasteiger partial charge in [-0.05, 0) is 41.5 Å². The van der Waals surface area contributed by atoms with Crippen molar-refractivity contribution in [2.45, 2.75) is 12.2 Å². The van der Waals surface area contributed by atoms with Crippen LogP contribution in [0.2, 0.25) is 0 Å². The number of methoxy groups -OCH3 is 2. The first kappa shape index (κ1) is 21.1. The molecule has 0 amide bonds. The minimum Gasteiger partial charge on any atom is -0.504 e. The molecule has 4 N–H and O–H groups in total. The Morgan fingerprint density at radius 3 is 2.39 bits per heavy atom. The zero-order valence-corrected chi connectivity index (χ0v) is 15.4. The quantitative estimate of drug-likeness (QED) is 0.479. The van der Waals surface area contributed by atoms with Crippen LogP contribution in [0.5, 0.6) is 23.0 Å². The first-order valence-corrected chi connectivity index (χ1v) is 8.31. The summed E-state index contributed by atoms with van der Waals surface area (Å²) in [6.45, 7) is -0.492. The number of carboxylic acids is 1. The second kappa shape index (κ2) is 9.63. The number of aliphatic hydroxyl groups is 2. The highest BCUT2D eigenvalue weighted by Gasteiger charge is 2.24. The number of carbonyl (C=O) groups is 1. The van der Waals surface area contributed by atoms with Crippen LogP contribution < -0.4 is 14.2 Å². The number of aliphatic carboxylic acids is 1. The molecule has 28 heavy (non-hydrogen) atoms. The van der Waals surface area contributed by atoms with E-state index in [-0.39, 0.29) is 17.2 Å². The summed E-state index contributed by atoms with van der Waals surface area (Å²) in [6.07, 6.45) is 0.156. The molecule has 0 unspecified atom stereocenters. The molecule has 8 heteroatoms. The van der Waals surface area contributed by atoms with E-state index in [0.29, 0.717) is 16.9 Å². The predicted molar refractivity (Wildman–Crippen MR) is 101 cm³/mol. The van der Waals surface area contributed by atoms with Gasteiger partial charge in [0.15, 0.2) is 29.1 Å². The lowest BCUT2D eigenvalue weighted by Gasteiger charge is -2.24. The van der Waals surface area contributed by atoms with Crippen molar-refractivity contribution in [2.75, 3.05) is 20.8 Å². The van der Waals surface area contributed by atoms with Gasteiger partial charge < -0.3 is 34.6 Å². The summed E-state index contributed by atoms with van der Waals surface area (Å²) in [5, 5.41) is 38.6. The van der Waals surface area contributed by atoms with Gasteiger partial charge in [-0.15, -0.1) is 0 Å². The van der Waals surface area contributed by atoms with E-state index in [1.54, 1.807) is 18.2 Å². The summed E-state index contributed by atoms with van der Waals surface area (Å²) < 4.78 is 16.0. The average molecular weight is 390 g/mol. The molecule has 0 spiro atoms. The fourth-order valence-electron chi connectivity index (χ4n) is 2.51. The van der Waals surface area contributed by atoms with Crippen LogP contribution in [0.15, 0.2) is 42.5 Å². The van der Waals surface area contributed by atoms with Crippen LogP contribution in [0.3, 0.4) is 0 Å². The van der Waals surface area contributed by atoms with E-state index in [4.69, 9.17) is 19.3 Å². The van der Waals surface area contributed by atoms with Crippen LogP contribution in [-0.2, 0) is 4.79 Å². The lowest BCUT2D eigenvalue weighted by Crippen LogP contribution is -2.29. The maximum absolute atomic E-state index is 10.6. The van der Waals surface area contributed by atoms with Crippen LogP contribution in [0.25, 0.3) is 6.08 Å². The fraction of sp³-hybridized carbons (Fsp3) is 0.250. The van der Waals surface area contributed by atoms with Crippen molar-refractivity contribution >= 4 is 12.0 Å². The van der Waals surface area contributed by atoms with Crippen molar-refractivity contribution in [1.82, 2.24) is 0 Å². The molecule has 8 nitrogen and oxygen atoms in total. The molecular weight excluding hydrogens is 368 g/mol. The largest absolute Gasteiger partial charge is 0.504 e. The van der Waals surface area contributed by atoms with Crippen LogP contribution >= 0.6 is 0 Å². The van der Waals surface area contributed by atoms with Gasteiger partial charge in [0, 0.05) is 6.08 Å². The molecule has 0 saturated heterocycles. The van der Waals surface area contributed by atoms with E-state index in [9.17, 15) is 20.1 Å². The summed E-state index contributed by atoms with van der Waals surface area (Å²) >= 11 is 0. The normalized spacial score (nSPS) is 13.1. The summed E-state index contributed by atoms with van der Waals surface area (Å²) in [5.41, 5.74) is 0.963. The molecule has 0 fully saturated rings. The Hall–Kier alpha value is -3.23. The van der Waals surface area contributed by atoms with Crippen molar-refractivity contribution in [1.29, 1.82) is 0 Å². The highest BCUT2D eigenvalue weighted by Crippen LogP contribution is 2.34. The van der Waals surface area contributed by atoms with Gasteiger partial charge in [-0.1, -0.05) is 12.1 Å². The third-order valence-electron chi connectivity index (χ3n) is 3.96.